The smallest absolute Gasteiger partial charge is 0.411 e. The summed E-state index contributed by atoms with van der Waals surface area (Å²) in [7, 11) is 0. The van der Waals surface area contributed by atoms with Crippen molar-refractivity contribution in [3.05, 3.63) is 48.0 Å². The molecule has 2 aromatic carbocycles. The predicted molar refractivity (Wildman–Crippen MR) is 135 cm³/mol. The Morgan fingerprint density at radius 3 is 2.25 bits per heavy atom. The van der Waals surface area contributed by atoms with Crippen LogP contribution < -0.4 is 15.1 Å². The van der Waals surface area contributed by atoms with E-state index in [1.165, 1.54) is 11.8 Å². The molecule has 9 heteroatoms. The third kappa shape index (κ3) is 4.53. The Balaban J connectivity index is 1.38. The number of likely N-dealkylation sites (tertiary alicyclic amines) is 1. The van der Waals surface area contributed by atoms with E-state index in [9.17, 15) is 24.3 Å². The van der Waals surface area contributed by atoms with Crippen LogP contribution in [0.1, 0.15) is 43.5 Å². The molecule has 3 aliphatic rings. The number of carbonyl (C=O) groups is 4. The summed E-state index contributed by atoms with van der Waals surface area (Å²) >= 11 is 0. The molecule has 2 atom stereocenters. The van der Waals surface area contributed by atoms with Crippen molar-refractivity contribution in [3.63, 3.8) is 0 Å². The first-order valence-electron chi connectivity index (χ1n) is 12.4. The number of hydrogen-bond acceptors (Lipinski definition) is 4. The molecule has 0 bridgehead atoms. The zero-order chi connectivity index (χ0) is 25.6. The monoisotopic (exact) mass is 490 g/mol. The lowest BCUT2D eigenvalue weighted by molar-refractivity contribution is -0.120. The maximum absolute atomic E-state index is 13.0. The average Bonchev–Trinajstić information content (AvgIpc) is 3.61. The normalized spacial score (nSPS) is 21.2. The maximum atomic E-state index is 13.0. The van der Waals surface area contributed by atoms with Gasteiger partial charge in [0.2, 0.25) is 11.8 Å². The van der Waals surface area contributed by atoms with Crippen LogP contribution in [0.4, 0.5) is 16.2 Å². The van der Waals surface area contributed by atoms with Crippen molar-refractivity contribution in [2.75, 3.05) is 29.4 Å². The van der Waals surface area contributed by atoms with Gasteiger partial charge in [0.1, 0.15) is 0 Å². The Labute approximate surface area is 209 Å². The third-order valence-corrected chi connectivity index (χ3v) is 7.16. The van der Waals surface area contributed by atoms with Gasteiger partial charge in [0.05, 0.1) is 17.4 Å². The van der Waals surface area contributed by atoms with Gasteiger partial charge in [0.25, 0.3) is 5.91 Å². The lowest BCUT2D eigenvalue weighted by Gasteiger charge is -2.40. The highest BCUT2D eigenvalue weighted by Gasteiger charge is 2.41. The molecular formula is C27H30N4O5. The number of fused-ring (bicyclic) bond motifs is 1. The molecule has 2 N–H and O–H groups in total. The average molecular weight is 491 g/mol. The molecule has 2 aliphatic heterocycles. The van der Waals surface area contributed by atoms with Crippen LogP contribution in [-0.4, -0.2) is 65.5 Å². The van der Waals surface area contributed by atoms with E-state index in [0.717, 1.165) is 30.4 Å². The highest BCUT2D eigenvalue weighted by molar-refractivity contribution is 6.05. The van der Waals surface area contributed by atoms with Crippen LogP contribution in [0, 0.1) is 5.92 Å². The number of carboxylic acid groups (broad SMARTS) is 1. The molecule has 0 radical (unpaired) electrons. The number of carbonyl (C=O) groups excluding carboxylic acids is 3. The summed E-state index contributed by atoms with van der Waals surface area (Å²) in [5.41, 5.74) is 3.32. The highest BCUT2D eigenvalue weighted by atomic mass is 16.4. The van der Waals surface area contributed by atoms with Crippen molar-refractivity contribution >= 4 is 35.2 Å². The molecule has 1 saturated carbocycles. The van der Waals surface area contributed by atoms with Crippen molar-refractivity contribution < 1.29 is 24.3 Å². The summed E-state index contributed by atoms with van der Waals surface area (Å²) in [5.74, 6) is -0.0858. The molecule has 0 unspecified atom stereocenters. The van der Waals surface area contributed by atoms with Crippen molar-refractivity contribution in [2.45, 2.75) is 45.2 Å². The fourth-order valence-electron chi connectivity index (χ4n) is 5.19. The molecule has 2 aromatic rings. The van der Waals surface area contributed by atoms with E-state index >= 15 is 0 Å². The van der Waals surface area contributed by atoms with Crippen LogP contribution in [-0.2, 0) is 9.59 Å². The minimum absolute atomic E-state index is 0.0209. The van der Waals surface area contributed by atoms with Gasteiger partial charge in [0.15, 0.2) is 0 Å². The van der Waals surface area contributed by atoms with Crippen molar-refractivity contribution in [1.29, 1.82) is 0 Å². The van der Waals surface area contributed by atoms with E-state index in [-0.39, 0.29) is 42.3 Å². The maximum Gasteiger partial charge on any atom is 0.411 e. The first-order chi connectivity index (χ1) is 17.2. The van der Waals surface area contributed by atoms with E-state index in [4.69, 9.17) is 0 Å². The molecule has 4 amide bonds. The zero-order valence-corrected chi connectivity index (χ0v) is 20.4. The molecule has 2 fully saturated rings. The van der Waals surface area contributed by atoms with Crippen LogP contribution in [0.5, 0.6) is 0 Å². The van der Waals surface area contributed by atoms with Gasteiger partial charge in [-0.15, -0.1) is 0 Å². The van der Waals surface area contributed by atoms with Crippen molar-refractivity contribution in [1.82, 2.24) is 10.2 Å². The summed E-state index contributed by atoms with van der Waals surface area (Å²) in [4.78, 5) is 54.0. The first kappa shape index (κ1) is 23.8. The topological polar surface area (TPSA) is 110 Å². The fraction of sp³-hybridized carbons (Fsp3) is 0.407. The van der Waals surface area contributed by atoms with Crippen molar-refractivity contribution in [2.24, 2.45) is 5.92 Å². The van der Waals surface area contributed by atoms with Gasteiger partial charge >= 0.3 is 6.09 Å². The molecule has 2 heterocycles. The number of amides is 4. The molecular weight excluding hydrogens is 460 g/mol. The third-order valence-electron chi connectivity index (χ3n) is 7.16. The van der Waals surface area contributed by atoms with E-state index in [1.54, 1.807) is 28.0 Å². The minimum Gasteiger partial charge on any atom is -0.465 e. The molecule has 1 aliphatic carbocycles. The fourth-order valence-corrected chi connectivity index (χ4v) is 5.19. The molecule has 0 aromatic heterocycles. The Morgan fingerprint density at radius 2 is 1.61 bits per heavy atom. The number of benzene rings is 2. The lowest BCUT2D eigenvalue weighted by Crippen LogP contribution is -2.52. The number of anilines is 2. The number of nitrogens with zero attached hydrogens (tertiary/aromatic N) is 3. The van der Waals surface area contributed by atoms with Gasteiger partial charge in [-0.25, -0.2) is 4.79 Å². The standard InChI is InChI=1S/C27H30N4O5/c1-16-14-30(27(35)36)24-13-21(9-10-23(24)31(16)26(34)20-7-8-20)18-3-5-19(6-4-18)25(33)29-12-11-22(15-29)28-17(2)32/h3-6,9-10,13,16,20,22H,7-8,11-12,14-15H2,1-2H3,(H,28,32)(H,35,36)/t16-,22+/m0/s1. The molecule has 188 valence electrons. The number of hydrogen-bond donors (Lipinski definition) is 2. The number of rotatable bonds is 4. The second-order valence-electron chi connectivity index (χ2n) is 9.94. The summed E-state index contributed by atoms with van der Waals surface area (Å²) < 4.78 is 0. The molecule has 1 saturated heterocycles. The Morgan fingerprint density at radius 1 is 0.917 bits per heavy atom. The predicted octanol–water partition coefficient (Wildman–Crippen LogP) is 3.33. The summed E-state index contributed by atoms with van der Waals surface area (Å²) in [6.07, 6.45) is 1.45. The highest BCUT2D eigenvalue weighted by Crippen LogP contribution is 2.42. The zero-order valence-electron chi connectivity index (χ0n) is 20.4. The molecule has 0 spiro atoms. The van der Waals surface area contributed by atoms with Crippen LogP contribution >= 0.6 is 0 Å². The first-order valence-corrected chi connectivity index (χ1v) is 12.4. The van der Waals surface area contributed by atoms with Gasteiger partial charge in [-0.3, -0.25) is 19.3 Å². The molecule has 9 nitrogen and oxygen atoms in total. The minimum atomic E-state index is -1.05. The van der Waals surface area contributed by atoms with E-state index in [1.807, 2.05) is 31.2 Å². The van der Waals surface area contributed by atoms with E-state index < -0.39 is 6.09 Å². The summed E-state index contributed by atoms with van der Waals surface area (Å²) in [6.45, 7) is 4.65. The van der Waals surface area contributed by atoms with Gasteiger partial charge < -0.3 is 20.2 Å². The molecule has 36 heavy (non-hydrogen) atoms. The van der Waals surface area contributed by atoms with Gasteiger partial charge in [-0.05, 0) is 61.6 Å². The summed E-state index contributed by atoms with van der Waals surface area (Å²) in [6, 6.07) is 12.5. The van der Waals surface area contributed by atoms with E-state index in [0.29, 0.717) is 30.0 Å². The SMILES string of the molecule is CC(=O)N[C@@H]1CCN(C(=O)c2ccc(-c3ccc4c(c3)N(C(=O)O)C[C@H](C)N4C(=O)C3CC3)cc2)C1. The Kier molecular flexibility index (Phi) is 6.15. The second-order valence-corrected chi connectivity index (χ2v) is 9.94. The van der Waals surface area contributed by atoms with Gasteiger partial charge in [0, 0.05) is 44.1 Å². The lowest BCUT2D eigenvalue weighted by atomic mass is 9.99. The van der Waals surface area contributed by atoms with Crippen molar-refractivity contribution in [3.8, 4) is 11.1 Å². The van der Waals surface area contributed by atoms with Crippen LogP contribution in [0.25, 0.3) is 11.1 Å². The molecule has 5 rings (SSSR count). The largest absolute Gasteiger partial charge is 0.465 e. The number of nitrogens with one attached hydrogen (secondary N) is 1. The summed E-state index contributed by atoms with van der Waals surface area (Å²) in [5, 5.41) is 12.7. The second kappa shape index (κ2) is 9.29. The van der Waals surface area contributed by atoms with Gasteiger partial charge in [-0.2, -0.15) is 0 Å². The van der Waals surface area contributed by atoms with Gasteiger partial charge in [-0.1, -0.05) is 18.2 Å². The Hall–Kier alpha value is -3.88. The Bertz CT molecular complexity index is 1220. The van der Waals surface area contributed by atoms with Crippen LogP contribution in [0.15, 0.2) is 42.5 Å². The quantitative estimate of drug-likeness (QED) is 0.683. The van der Waals surface area contributed by atoms with Crippen LogP contribution in [0.3, 0.4) is 0 Å². The van der Waals surface area contributed by atoms with E-state index in [2.05, 4.69) is 5.32 Å². The van der Waals surface area contributed by atoms with Crippen LogP contribution in [0.2, 0.25) is 0 Å².